The maximum atomic E-state index is 13.2. The van der Waals surface area contributed by atoms with E-state index >= 15 is 0 Å². The van der Waals surface area contributed by atoms with Crippen LogP contribution in [0.4, 0.5) is 10.3 Å². The molecule has 0 atom stereocenters. The lowest BCUT2D eigenvalue weighted by Gasteiger charge is -2.11. The number of hydrogen-bond acceptors (Lipinski definition) is 2. The van der Waals surface area contributed by atoms with E-state index < -0.39 is 0 Å². The fraction of sp³-hybridized carbons (Fsp3) is 0.182. The fourth-order valence-corrected chi connectivity index (χ4v) is 2.64. The quantitative estimate of drug-likeness (QED) is 0.913. The van der Waals surface area contributed by atoms with Crippen molar-refractivity contribution in [2.45, 2.75) is 6.92 Å². The molecule has 0 aliphatic rings. The van der Waals surface area contributed by atoms with E-state index in [9.17, 15) is 4.39 Å². The Morgan fingerprint density at radius 3 is 2.76 bits per heavy atom. The number of halogens is 3. The summed E-state index contributed by atoms with van der Waals surface area (Å²) in [7, 11) is 1.77. The smallest absolute Gasteiger partial charge is 0.207 e. The van der Waals surface area contributed by atoms with E-state index in [0.29, 0.717) is 21.1 Å². The average molecular weight is 319 g/mol. The number of nitrogens with zero attached hydrogens (tertiary/aromatic N) is 2. The predicted octanol–water partition coefficient (Wildman–Crippen LogP) is 3.78. The highest BCUT2D eigenvalue weighted by Gasteiger charge is 2.14. The fourth-order valence-electron chi connectivity index (χ4n) is 1.61. The van der Waals surface area contributed by atoms with Crippen molar-refractivity contribution in [2.75, 3.05) is 12.4 Å². The van der Waals surface area contributed by atoms with Crippen molar-refractivity contribution in [1.29, 1.82) is 0 Å². The van der Waals surface area contributed by atoms with Crippen LogP contribution in [0, 0.1) is 12.7 Å². The van der Waals surface area contributed by atoms with E-state index in [4.69, 9.17) is 11.6 Å². The molecule has 0 bridgehead atoms. The van der Waals surface area contributed by atoms with Gasteiger partial charge in [-0.2, -0.15) is 0 Å². The molecule has 0 radical (unpaired) electrons. The van der Waals surface area contributed by atoms with E-state index in [1.54, 1.807) is 11.6 Å². The van der Waals surface area contributed by atoms with E-state index in [1.807, 2.05) is 13.1 Å². The molecular weight excluding hydrogens is 308 g/mol. The minimum atomic E-state index is -0.381. The van der Waals surface area contributed by atoms with Gasteiger partial charge in [0.25, 0.3) is 0 Å². The summed E-state index contributed by atoms with van der Waals surface area (Å²) in [6.07, 6.45) is 1.83. The van der Waals surface area contributed by atoms with Crippen molar-refractivity contribution >= 4 is 33.5 Å². The van der Waals surface area contributed by atoms with Crippen LogP contribution in [0.1, 0.15) is 5.69 Å². The van der Waals surface area contributed by atoms with Gasteiger partial charge in [-0.15, -0.1) is 0 Å². The Morgan fingerprint density at radius 1 is 1.47 bits per heavy atom. The molecule has 2 aromatic rings. The van der Waals surface area contributed by atoms with Crippen molar-refractivity contribution in [3.63, 3.8) is 0 Å². The van der Waals surface area contributed by atoms with Crippen LogP contribution >= 0.6 is 27.5 Å². The molecule has 1 aromatic heterocycles. The van der Waals surface area contributed by atoms with E-state index in [-0.39, 0.29) is 5.82 Å². The molecule has 0 aliphatic carbocycles. The van der Waals surface area contributed by atoms with Crippen molar-refractivity contribution in [3.05, 3.63) is 39.3 Å². The number of rotatable bonds is 2. The molecule has 3 nitrogen and oxygen atoms in total. The van der Waals surface area contributed by atoms with Crippen LogP contribution < -0.4 is 5.32 Å². The van der Waals surface area contributed by atoms with Gasteiger partial charge < -0.3 is 5.32 Å². The van der Waals surface area contributed by atoms with Crippen LogP contribution in [-0.2, 0) is 0 Å². The van der Waals surface area contributed by atoms with Gasteiger partial charge in [0, 0.05) is 17.7 Å². The Bertz CT molecular complexity index is 545. The predicted molar refractivity (Wildman–Crippen MR) is 70.5 cm³/mol. The third-order valence-corrected chi connectivity index (χ3v) is 3.17. The molecule has 0 aliphatic heterocycles. The molecule has 17 heavy (non-hydrogen) atoms. The summed E-state index contributed by atoms with van der Waals surface area (Å²) in [6, 6.07) is 2.65. The van der Waals surface area contributed by atoms with Gasteiger partial charge in [-0.05, 0) is 35.0 Å². The van der Waals surface area contributed by atoms with Crippen molar-refractivity contribution < 1.29 is 4.39 Å². The summed E-state index contributed by atoms with van der Waals surface area (Å²) in [6.45, 7) is 1.88. The first-order chi connectivity index (χ1) is 8.02. The number of nitrogens with one attached hydrogen (secondary N) is 1. The zero-order valence-electron chi connectivity index (χ0n) is 9.26. The molecule has 0 amide bonds. The van der Waals surface area contributed by atoms with Gasteiger partial charge in [-0.25, -0.2) is 9.37 Å². The summed E-state index contributed by atoms with van der Waals surface area (Å²) in [5.41, 5.74) is 1.51. The highest BCUT2D eigenvalue weighted by Crippen LogP contribution is 2.32. The number of hydrogen-bond donors (Lipinski definition) is 1. The van der Waals surface area contributed by atoms with Gasteiger partial charge in [0.05, 0.1) is 16.4 Å². The standard InChI is InChI=1S/C11H10BrClFN3/c1-6-5-17(11(15-2)16-6)10-8(12)3-7(14)4-9(10)13/h3-5H,1-2H3,(H,15,16). The highest BCUT2D eigenvalue weighted by molar-refractivity contribution is 9.10. The Balaban J connectivity index is 2.67. The Morgan fingerprint density at radius 2 is 2.18 bits per heavy atom. The third-order valence-electron chi connectivity index (χ3n) is 2.27. The van der Waals surface area contributed by atoms with Gasteiger partial charge in [0.1, 0.15) is 5.82 Å². The van der Waals surface area contributed by atoms with Crippen molar-refractivity contribution in [1.82, 2.24) is 9.55 Å². The number of benzene rings is 1. The largest absolute Gasteiger partial charge is 0.358 e. The van der Waals surface area contributed by atoms with E-state index in [0.717, 1.165) is 5.69 Å². The lowest BCUT2D eigenvalue weighted by atomic mass is 10.3. The lowest BCUT2D eigenvalue weighted by Crippen LogP contribution is -2.02. The molecule has 0 unspecified atom stereocenters. The second-order valence-corrected chi connectivity index (χ2v) is 4.81. The number of aromatic nitrogens is 2. The van der Waals surface area contributed by atoms with Crippen molar-refractivity contribution in [2.24, 2.45) is 0 Å². The van der Waals surface area contributed by atoms with Gasteiger partial charge in [0.15, 0.2) is 0 Å². The summed E-state index contributed by atoms with van der Waals surface area (Å²) in [4.78, 5) is 4.29. The summed E-state index contributed by atoms with van der Waals surface area (Å²) in [5, 5.41) is 3.29. The van der Waals surface area contributed by atoms with Gasteiger partial charge in [-0.3, -0.25) is 4.57 Å². The molecular formula is C11H10BrClFN3. The molecule has 0 spiro atoms. The number of aryl methyl sites for hydroxylation is 1. The first-order valence-corrected chi connectivity index (χ1v) is 6.08. The Hall–Kier alpha value is -1.07. The molecule has 0 saturated carbocycles. The Kier molecular flexibility index (Phi) is 3.40. The van der Waals surface area contributed by atoms with E-state index in [1.165, 1.54) is 12.1 Å². The molecule has 6 heteroatoms. The van der Waals surface area contributed by atoms with Crippen molar-refractivity contribution in [3.8, 4) is 5.69 Å². The molecule has 1 aromatic carbocycles. The topological polar surface area (TPSA) is 29.9 Å². The van der Waals surface area contributed by atoms with Crippen LogP contribution in [0.2, 0.25) is 5.02 Å². The maximum Gasteiger partial charge on any atom is 0.207 e. The van der Waals surface area contributed by atoms with Gasteiger partial charge in [0.2, 0.25) is 5.95 Å². The lowest BCUT2D eigenvalue weighted by molar-refractivity contribution is 0.626. The monoisotopic (exact) mass is 317 g/mol. The van der Waals surface area contributed by atoms with Crippen LogP contribution in [-0.4, -0.2) is 16.6 Å². The molecule has 1 N–H and O–H groups in total. The van der Waals surface area contributed by atoms with Crippen LogP contribution in [0.25, 0.3) is 5.69 Å². The minimum absolute atomic E-state index is 0.325. The van der Waals surface area contributed by atoms with Crippen LogP contribution in [0.3, 0.4) is 0 Å². The summed E-state index contributed by atoms with van der Waals surface area (Å²) < 4.78 is 15.5. The minimum Gasteiger partial charge on any atom is -0.358 e. The zero-order chi connectivity index (χ0) is 12.6. The second kappa shape index (κ2) is 4.66. The normalized spacial score (nSPS) is 10.6. The average Bonchev–Trinajstić information content (AvgIpc) is 2.58. The molecule has 90 valence electrons. The molecule has 2 rings (SSSR count). The summed E-state index contributed by atoms with van der Waals surface area (Å²) in [5.74, 6) is 0.269. The van der Waals surface area contributed by atoms with E-state index in [2.05, 4.69) is 26.2 Å². The van der Waals surface area contributed by atoms with Crippen LogP contribution in [0.5, 0.6) is 0 Å². The number of anilines is 1. The van der Waals surface area contributed by atoms with Crippen LogP contribution in [0.15, 0.2) is 22.8 Å². The highest BCUT2D eigenvalue weighted by atomic mass is 79.9. The SMILES string of the molecule is CNc1nc(C)cn1-c1c(Cl)cc(F)cc1Br. The maximum absolute atomic E-state index is 13.2. The van der Waals surface area contributed by atoms with Gasteiger partial charge >= 0.3 is 0 Å². The third kappa shape index (κ3) is 2.30. The first-order valence-electron chi connectivity index (χ1n) is 4.91. The Labute approximate surface area is 112 Å². The summed E-state index contributed by atoms with van der Waals surface area (Å²) >= 11 is 9.37. The second-order valence-electron chi connectivity index (χ2n) is 3.54. The molecule has 1 heterocycles. The molecule has 0 fully saturated rings. The number of imidazole rings is 1. The molecule has 0 saturated heterocycles. The zero-order valence-corrected chi connectivity index (χ0v) is 11.6. The first kappa shape index (κ1) is 12.4. The van der Waals surface area contributed by atoms with Gasteiger partial charge in [-0.1, -0.05) is 11.6 Å².